The van der Waals surface area contributed by atoms with Crippen LogP contribution in [0.15, 0.2) is 121 Å². The second-order valence-electron chi connectivity index (χ2n) is 17.4. The molecule has 0 saturated carbocycles. The summed E-state index contributed by atoms with van der Waals surface area (Å²) in [6, 6.07) is 46.7. The van der Waals surface area contributed by atoms with E-state index in [0.29, 0.717) is 0 Å². The zero-order chi connectivity index (χ0) is 35.7. The molecule has 7 aromatic carbocycles. The highest BCUT2D eigenvalue weighted by Gasteiger charge is 2.27. The Morgan fingerprint density at radius 1 is 0.377 bits per heavy atom. The molecule has 5 aromatic heterocycles. The van der Waals surface area contributed by atoms with E-state index in [1.54, 1.807) is 0 Å². The first-order valence-electron chi connectivity index (χ1n) is 18.9. The largest absolute Gasteiger partial charge is 0.308 e. The van der Waals surface area contributed by atoms with Gasteiger partial charge in [0, 0.05) is 63.3 Å². The first-order chi connectivity index (χ1) is 25.5. The molecular formula is C50H38N2S. The van der Waals surface area contributed by atoms with Crippen molar-refractivity contribution in [3.8, 4) is 11.1 Å². The SMILES string of the molecule is CC(C)(C)c1ccc2c(c1)c1cc(C(C)(C)C)cc3c4cc5c(cc4n2c13)c1cc(-c2ccccc2)cc2c3c4c(ccc3n5c12)sc1ccccc14. The van der Waals surface area contributed by atoms with Gasteiger partial charge in [-0.15, -0.1) is 11.3 Å². The van der Waals surface area contributed by atoms with Gasteiger partial charge in [-0.25, -0.2) is 0 Å². The summed E-state index contributed by atoms with van der Waals surface area (Å²) in [5.74, 6) is 0. The molecule has 53 heavy (non-hydrogen) atoms. The average Bonchev–Trinajstić information content (AvgIpc) is 3.93. The number of rotatable bonds is 1. The van der Waals surface area contributed by atoms with Crippen molar-refractivity contribution in [1.29, 1.82) is 0 Å². The number of nitrogens with zero attached hydrogens (tertiary/aromatic N) is 2. The van der Waals surface area contributed by atoms with E-state index in [4.69, 9.17) is 0 Å². The Morgan fingerprint density at radius 2 is 0.943 bits per heavy atom. The Kier molecular flexibility index (Phi) is 5.45. The van der Waals surface area contributed by atoms with Gasteiger partial charge >= 0.3 is 0 Å². The first kappa shape index (κ1) is 29.9. The Bertz CT molecular complexity index is 3500. The van der Waals surface area contributed by atoms with Crippen LogP contribution in [-0.2, 0) is 10.8 Å². The van der Waals surface area contributed by atoms with Crippen molar-refractivity contribution in [2.45, 2.75) is 52.4 Å². The van der Waals surface area contributed by atoms with Crippen LogP contribution >= 0.6 is 11.3 Å². The van der Waals surface area contributed by atoms with Gasteiger partial charge in [0.1, 0.15) is 0 Å². The maximum atomic E-state index is 2.59. The number of aromatic nitrogens is 2. The number of fused-ring (bicyclic) bond motifs is 16. The fourth-order valence-electron chi connectivity index (χ4n) is 9.59. The highest BCUT2D eigenvalue weighted by Crippen LogP contribution is 2.49. The lowest BCUT2D eigenvalue weighted by molar-refractivity contribution is 0.590. The molecule has 0 amide bonds. The van der Waals surface area contributed by atoms with Crippen molar-refractivity contribution >= 4 is 108 Å². The summed E-state index contributed by atoms with van der Waals surface area (Å²) in [4.78, 5) is 0. The predicted molar refractivity (Wildman–Crippen MR) is 231 cm³/mol. The Labute approximate surface area is 311 Å². The lowest BCUT2D eigenvalue weighted by Gasteiger charge is -2.20. The standard InChI is InChI=1S/C50H38N2S/c1-49(2,3)29-16-17-39-32(22-29)36-23-30(50(4,5)6)24-37-34-26-42-33(25-41(34)51(39)47(36)37)35-20-28(27-12-8-7-9-13-27)21-38-45-40(52(42)48(35)38)18-19-44-46(45)31-14-10-11-15-43(31)53-44/h7-26H,1-6H3. The molecule has 0 aliphatic rings. The van der Waals surface area contributed by atoms with Gasteiger partial charge in [0.2, 0.25) is 0 Å². The average molecular weight is 699 g/mol. The Balaban J connectivity index is 1.31. The molecule has 3 heteroatoms. The zero-order valence-electron chi connectivity index (χ0n) is 30.8. The summed E-state index contributed by atoms with van der Waals surface area (Å²) < 4.78 is 7.85. The minimum atomic E-state index is 0.0157. The molecule has 12 aromatic rings. The first-order valence-corrected chi connectivity index (χ1v) is 19.7. The van der Waals surface area contributed by atoms with Crippen LogP contribution < -0.4 is 0 Å². The maximum Gasteiger partial charge on any atom is 0.0621 e. The van der Waals surface area contributed by atoms with Crippen molar-refractivity contribution in [2.24, 2.45) is 0 Å². The third-order valence-corrected chi connectivity index (χ3v) is 13.4. The van der Waals surface area contributed by atoms with Crippen LogP contribution in [0.2, 0.25) is 0 Å². The summed E-state index contributed by atoms with van der Waals surface area (Å²) in [6.07, 6.45) is 0. The van der Waals surface area contributed by atoms with Gasteiger partial charge in [-0.3, -0.25) is 0 Å². The minimum Gasteiger partial charge on any atom is -0.308 e. The van der Waals surface area contributed by atoms with Crippen LogP contribution in [0.25, 0.3) is 107 Å². The molecule has 0 spiro atoms. The summed E-state index contributed by atoms with van der Waals surface area (Å²) >= 11 is 1.90. The van der Waals surface area contributed by atoms with Gasteiger partial charge < -0.3 is 8.80 Å². The molecule has 0 fully saturated rings. The third-order valence-electron chi connectivity index (χ3n) is 12.2. The molecule has 0 aliphatic heterocycles. The lowest BCUT2D eigenvalue weighted by Crippen LogP contribution is -2.11. The molecule has 0 N–H and O–H groups in total. The number of benzene rings is 7. The molecule has 0 unspecified atom stereocenters. The van der Waals surface area contributed by atoms with Crippen LogP contribution in [0, 0.1) is 0 Å². The van der Waals surface area contributed by atoms with E-state index in [2.05, 4.69) is 172 Å². The topological polar surface area (TPSA) is 8.82 Å². The van der Waals surface area contributed by atoms with E-state index in [1.165, 1.54) is 119 Å². The normalized spacial score (nSPS) is 13.5. The van der Waals surface area contributed by atoms with Crippen molar-refractivity contribution < 1.29 is 0 Å². The molecule has 5 heterocycles. The molecule has 0 aliphatic carbocycles. The molecule has 0 atom stereocenters. The highest BCUT2D eigenvalue weighted by atomic mass is 32.1. The van der Waals surface area contributed by atoms with Gasteiger partial charge in [0.15, 0.2) is 0 Å². The summed E-state index contributed by atoms with van der Waals surface area (Å²) in [7, 11) is 0. The van der Waals surface area contributed by atoms with Gasteiger partial charge in [-0.1, -0.05) is 96.1 Å². The van der Waals surface area contributed by atoms with E-state index in [0.717, 1.165) is 0 Å². The number of thiophene rings is 1. The van der Waals surface area contributed by atoms with E-state index in [1.807, 2.05) is 11.3 Å². The Hall–Kier alpha value is -5.64. The van der Waals surface area contributed by atoms with E-state index >= 15 is 0 Å². The minimum absolute atomic E-state index is 0.0157. The molecule has 0 radical (unpaired) electrons. The lowest BCUT2D eigenvalue weighted by atomic mass is 9.84. The summed E-state index contributed by atoms with van der Waals surface area (Å²) in [6.45, 7) is 14.0. The van der Waals surface area contributed by atoms with Crippen molar-refractivity contribution in [1.82, 2.24) is 8.80 Å². The van der Waals surface area contributed by atoms with E-state index in [9.17, 15) is 0 Å². The van der Waals surface area contributed by atoms with Gasteiger partial charge in [-0.2, -0.15) is 0 Å². The van der Waals surface area contributed by atoms with Crippen LogP contribution in [0.5, 0.6) is 0 Å². The second kappa shape index (κ2) is 9.66. The molecule has 0 bridgehead atoms. The monoisotopic (exact) mass is 698 g/mol. The van der Waals surface area contributed by atoms with Gasteiger partial charge in [0.05, 0.1) is 33.1 Å². The van der Waals surface area contributed by atoms with Crippen LogP contribution in [0.4, 0.5) is 0 Å². The zero-order valence-corrected chi connectivity index (χ0v) is 31.7. The summed E-state index contributed by atoms with van der Waals surface area (Å²) in [5, 5.41) is 13.4. The van der Waals surface area contributed by atoms with Crippen LogP contribution in [0.3, 0.4) is 0 Å². The van der Waals surface area contributed by atoms with Crippen LogP contribution in [-0.4, -0.2) is 8.80 Å². The number of hydrogen-bond acceptors (Lipinski definition) is 1. The third kappa shape index (κ3) is 3.78. The molecule has 254 valence electrons. The van der Waals surface area contributed by atoms with Crippen molar-refractivity contribution in [3.05, 3.63) is 132 Å². The van der Waals surface area contributed by atoms with E-state index in [-0.39, 0.29) is 10.8 Å². The highest BCUT2D eigenvalue weighted by molar-refractivity contribution is 7.26. The van der Waals surface area contributed by atoms with Crippen LogP contribution in [0.1, 0.15) is 52.7 Å². The fraction of sp³-hybridized carbons (Fsp3) is 0.160. The second-order valence-corrected chi connectivity index (χ2v) is 18.5. The number of hydrogen-bond donors (Lipinski definition) is 0. The quantitative estimate of drug-likeness (QED) is 0.161. The smallest absolute Gasteiger partial charge is 0.0621 e. The summed E-state index contributed by atoms with van der Waals surface area (Å²) in [5.41, 5.74) is 13.2. The molecule has 0 saturated heterocycles. The van der Waals surface area contributed by atoms with E-state index < -0.39 is 0 Å². The van der Waals surface area contributed by atoms with Crippen molar-refractivity contribution in [2.75, 3.05) is 0 Å². The van der Waals surface area contributed by atoms with Crippen molar-refractivity contribution in [3.63, 3.8) is 0 Å². The van der Waals surface area contributed by atoms with Gasteiger partial charge in [-0.05, 0) is 99.8 Å². The molecule has 2 nitrogen and oxygen atoms in total. The Morgan fingerprint density at radius 3 is 1.66 bits per heavy atom. The predicted octanol–water partition coefficient (Wildman–Crippen LogP) is 14.6. The maximum absolute atomic E-state index is 2.59. The fourth-order valence-corrected chi connectivity index (χ4v) is 10.7. The molecule has 12 rings (SSSR count). The molecular weight excluding hydrogens is 661 g/mol. The van der Waals surface area contributed by atoms with Gasteiger partial charge in [0.25, 0.3) is 0 Å².